The van der Waals surface area contributed by atoms with Crippen LogP contribution in [0.15, 0.2) is 42.6 Å². The van der Waals surface area contributed by atoms with Crippen LogP contribution >= 0.6 is 0 Å². The molecule has 0 spiro atoms. The predicted octanol–water partition coefficient (Wildman–Crippen LogP) is 3.95. The number of methoxy groups -OCH3 is 1. The number of anilines is 1. The molecule has 3 aromatic rings. The Hall–Kier alpha value is -2.82. The maximum absolute atomic E-state index is 12.5. The molecule has 0 aliphatic rings. The Morgan fingerprint density at radius 1 is 1.22 bits per heavy atom. The number of rotatable bonds is 4. The Bertz CT molecular complexity index is 852. The van der Waals surface area contributed by atoms with E-state index < -0.39 is 0 Å². The monoisotopic (exact) mass is 309 g/mol. The molecular weight excluding hydrogens is 290 g/mol. The van der Waals surface area contributed by atoms with Crippen LogP contribution in [-0.4, -0.2) is 23.2 Å². The van der Waals surface area contributed by atoms with Gasteiger partial charge in [-0.2, -0.15) is 5.10 Å². The average molecular weight is 309 g/mol. The third-order valence-electron chi connectivity index (χ3n) is 3.81. The molecule has 23 heavy (non-hydrogen) atoms. The number of nitrogens with one attached hydrogen (secondary N) is 2. The Kier molecular flexibility index (Phi) is 4.02. The second-order valence-electron chi connectivity index (χ2n) is 5.74. The van der Waals surface area contributed by atoms with Gasteiger partial charge in [0.05, 0.1) is 18.8 Å². The zero-order chi connectivity index (χ0) is 16.4. The fourth-order valence-electron chi connectivity index (χ4n) is 2.54. The molecule has 0 saturated carbocycles. The minimum atomic E-state index is -0.145. The van der Waals surface area contributed by atoms with Crippen molar-refractivity contribution in [3.05, 3.63) is 53.7 Å². The van der Waals surface area contributed by atoms with Crippen molar-refractivity contribution < 1.29 is 9.53 Å². The van der Waals surface area contributed by atoms with E-state index in [2.05, 4.69) is 29.4 Å². The molecule has 5 nitrogen and oxygen atoms in total. The molecule has 0 fully saturated rings. The lowest BCUT2D eigenvalue weighted by Crippen LogP contribution is -2.12. The summed E-state index contributed by atoms with van der Waals surface area (Å²) in [5.41, 5.74) is 3.25. The van der Waals surface area contributed by atoms with Crippen LogP contribution in [0.1, 0.15) is 35.7 Å². The van der Waals surface area contributed by atoms with Gasteiger partial charge >= 0.3 is 0 Å². The first-order chi connectivity index (χ1) is 11.1. The number of benzene rings is 2. The van der Waals surface area contributed by atoms with Crippen molar-refractivity contribution in [2.45, 2.75) is 19.8 Å². The van der Waals surface area contributed by atoms with Crippen LogP contribution in [0.3, 0.4) is 0 Å². The summed E-state index contributed by atoms with van der Waals surface area (Å²) in [6.07, 6.45) is 1.75. The Morgan fingerprint density at radius 3 is 2.78 bits per heavy atom. The van der Waals surface area contributed by atoms with Crippen molar-refractivity contribution in [2.75, 3.05) is 12.4 Å². The van der Waals surface area contributed by atoms with Crippen molar-refractivity contribution >= 4 is 22.5 Å². The topological polar surface area (TPSA) is 67.0 Å². The van der Waals surface area contributed by atoms with E-state index >= 15 is 0 Å². The second-order valence-corrected chi connectivity index (χ2v) is 5.74. The van der Waals surface area contributed by atoms with Gasteiger partial charge in [0.2, 0.25) is 0 Å². The Balaban J connectivity index is 1.86. The summed E-state index contributed by atoms with van der Waals surface area (Å²) in [7, 11) is 1.64. The van der Waals surface area contributed by atoms with E-state index in [0.29, 0.717) is 5.56 Å². The number of ether oxygens (including phenoxy) is 1. The third-order valence-corrected chi connectivity index (χ3v) is 3.81. The maximum atomic E-state index is 12.5. The first-order valence-corrected chi connectivity index (χ1v) is 7.51. The smallest absolute Gasteiger partial charge is 0.255 e. The van der Waals surface area contributed by atoms with Crippen molar-refractivity contribution in [1.29, 1.82) is 0 Å². The van der Waals surface area contributed by atoms with Crippen LogP contribution < -0.4 is 10.1 Å². The summed E-state index contributed by atoms with van der Waals surface area (Å²) in [4.78, 5) is 12.5. The molecule has 118 valence electrons. The molecule has 0 aliphatic carbocycles. The molecule has 0 atom stereocenters. The third kappa shape index (κ3) is 3.04. The van der Waals surface area contributed by atoms with E-state index in [4.69, 9.17) is 4.74 Å². The van der Waals surface area contributed by atoms with Crippen LogP contribution in [0.25, 0.3) is 10.9 Å². The fourth-order valence-corrected chi connectivity index (χ4v) is 2.54. The van der Waals surface area contributed by atoms with Gasteiger partial charge in [-0.3, -0.25) is 9.89 Å². The number of carbonyl (C=O) groups excluding carboxylic acids is 1. The van der Waals surface area contributed by atoms with E-state index in [0.717, 1.165) is 27.9 Å². The summed E-state index contributed by atoms with van der Waals surface area (Å²) in [5, 5.41) is 10.8. The number of aromatic nitrogens is 2. The van der Waals surface area contributed by atoms with Crippen LogP contribution in [-0.2, 0) is 0 Å². The van der Waals surface area contributed by atoms with Gasteiger partial charge < -0.3 is 10.1 Å². The molecule has 1 heterocycles. The van der Waals surface area contributed by atoms with Gasteiger partial charge in [-0.05, 0) is 47.9 Å². The van der Waals surface area contributed by atoms with Crippen LogP contribution in [0.4, 0.5) is 5.69 Å². The minimum absolute atomic E-state index is 0.145. The lowest BCUT2D eigenvalue weighted by atomic mass is 9.99. The normalized spacial score (nSPS) is 11.0. The average Bonchev–Trinajstić information content (AvgIpc) is 3.01. The molecule has 1 amide bonds. The quantitative estimate of drug-likeness (QED) is 0.767. The number of carbonyl (C=O) groups is 1. The largest absolute Gasteiger partial charge is 0.496 e. The number of nitrogens with zero attached hydrogens (tertiary/aromatic N) is 1. The van der Waals surface area contributed by atoms with Gasteiger partial charge in [0, 0.05) is 16.6 Å². The van der Waals surface area contributed by atoms with Gasteiger partial charge in [0.1, 0.15) is 5.75 Å². The first-order valence-electron chi connectivity index (χ1n) is 7.51. The standard InChI is InChI=1S/C18H19N3O2/c1-11(2)15-8-12(5-7-17(15)23-3)18(22)20-14-6-4-13-10-19-21-16(13)9-14/h4-11H,1-3H3,(H,19,21)(H,20,22). The van der Waals surface area contributed by atoms with Crippen molar-refractivity contribution in [3.8, 4) is 5.75 Å². The van der Waals surface area contributed by atoms with Gasteiger partial charge in [-0.15, -0.1) is 0 Å². The highest BCUT2D eigenvalue weighted by Gasteiger charge is 2.13. The first kappa shape index (κ1) is 15.1. The molecule has 0 unspecified atom stereocenters. The number of fused-ring (bicyclic) bond motifs is 1. The van der Waals surface area contributed by atoms with Crippen LogP contribution in [0, 0.1) is 0 Å². The molecule has 2 N–H and O–H groups in total. The molecular formula is C18H19N3O2. The summed E-state index contributed by atoms with van der Waals surface area (Å²) in [6, 6.07) is 11.1. The van der Waals surface area contributed by atoms with E-state index in [9.17, 15) is 4.79 Å². The Morgan fingerprint density at radius 2 is 2.04 bits per heavy atom. The second kappa shape index (κ2) is 6.12. The number of hydrogen-bond acceptors (Lipinski definition) is 3. The highest BCUT2D eigenvalue weighted by Crippen LogP contribution is 2.27. The summed E-state index contributed by atoms with van der Waals surface area (Å²) >= 11 is 0. The van der Waals surface area contributed by atoms with Gasteiger partial charge in [0.25, 0.3) is 5.91 Å². The summed E-state index contributed by atoms with van der Waals surface area (Å²) in [6.45, 7) is 4.15. The van der Waals surface area contributed by atoms with Gasteiger partial charge in [-0.25, -0.2) is 0 Å². The number of aromatic amines is 1. The lowest BCUT2D eigenvalue weighted by molar-refractivity contribution is 0.102. The molecule has 0 saturated heterocycles. The van der Waals surface area contributed by atoms with Gasteiger partial charge in [0.15, 0.2) is 0 Å². The molecule has 1 aromatic heterocycles. The number of amides is 1. The van der Waals surface area contributed by atoms with Crippen molar-refractivity contribution in [2.24, 2.45) is 0 Å². The predicted molar refractivity (Wildman–Crippen MR) is 91.1 cm³/mol. The van der Waals surface area contributed by atoms with Crippen molar-refractivity contribution in [3.63, 3.8) is 0 Å². The molecule has 0 bridgehead atoms. The van der Waals surface area contributed by atoms with Crippen molar-refractivity contribution in [1.82, 2.24) is 10.2 Å². The number of hydrogen-bond donors (Lipinski definition) is 2. The molecule has 0 aliphatic heterocycles. The van der Waals surface area contributed by atoms with E-state index in [1.165, 1.54) is 0 Å². The van der Waals surface area contributed by atoms with E-state index in [1.807, 2.05) is 30.3 Å². The zero-order valence-corrected chi connectivity index (χ0v) is 13.4. The van der Waals surface area contributed by atoms with E-state index in [-0.39, 0.29) is 11.8 Å². The fraction of sp³-hybridized carbons (Fsp3) is 0.222. The van der Waals surface area contributed by atoms with E-state index in [1.54, 1.807) is 19.4 Å². The number of H-pyrrole nitrogens is 1. The summed E-state index contributed by atoms with van der Waals surface area (Å²) in [5.74, 6) is 0.933. The zero-order valence-electron chi connectivity index (χ0n) is 13.4. The summed E-state index contributed by atoms with van der Waals surface area (Å²) < 4.78 is 5.36. The highest BCUT2D eigenvalue weighted by molar-refractivity contribution is 6.05. The maximum Gasteiger partial charge on any atom is 0.255 e. The molecule has 0 radical (unpaired) electrons. The van der Waals surface area contributed by atoms with Crippen LogP contribution in [0.2, 0.25) is 0 Å². The SMILES string of the molecule is COc1ccc(C(=O)Nc2ccc3cn[nH]c3c2)cc1C(C)C. The minimum Gasteiger partial charge on any atom is -0.496 e. The van der Waals surface area contributed by atoms with Crippen LogP contribution in [0.5, 0.6) is 5.75 Å². The lowest BCUT2D eigenvalue weighted by Gasteiger charge is -2.13. The highest BCUT2D eigenvalue weighted by atomic mass is 16.5. The van der Waals surface area contributed by atoms with Gasteiger partial charge in [-0.1, -0.05) is 13.8 Å². The molecule has 3 rings (SSSR count). The Labute approximate surface area is 134 Å². The molecule has 2 aromatic carbocycles. The molecule has 5 heteroatoms.